The summed E-state index contributed by atoms with van der Waals surface area (Å²) in [7, 11) is 1.64. The number of nitrogens with two attached hydrogens (primary N) is 1. The van der Waals surface area contributed by atoms with Crippen LogP contribution in [0.15, 0.2) is 59.4 Å². The van der Waals surface area contributed by atoms with Crippen LogP contribution in [0.5, 0.6) is 0 Å². The van der Waals surface area contributed by atoms with Crippen LogP contribution in [0, 0.1) is 24.1 Å². The summed E-state index contributed by atoms with van der Waals surface area (Å²) in [6, 6.07) is 16.4. The molecule has 3 aromatic carbocycles. The van der Waals surface area contributed by atoms with Crippen LogP contribution in [-0.2, 0) is 13.6 Å². The maximum Gasteiger partial charge on any atom is 0.329 e. The van der Waals surface area contributed by atoms with Gasteiger partial charge in [0.2, 0.25) is 0 Å². The molecule has 0 atom stereocenters. The van der Waals surface area contributed by atoms with Gasteiger partial charge < -0.3 is 11.1 Å². The largest absolute Gasteiger partial charge is 0.397 e. The number of hydrogen-bond acceptors (Lipinski definition) is 4. The Morgan fingerprint density at radius 3 is 2.53 bits per heavy atom. The second-order valence-corrected chi connectivity index (χ2v) is 7.60. The predicted molar refractivity (Wildman–Crippen MR) is 121 cm³/mol. The minimum atomic E-state index is -0.481. The van der Waals surface area contributed by atoms with Crippen molar-refractivity contribution in [3.8, 4) is 6.07 Å². The number of imidazole rings is 1. The predicted octanol–water partition coefficient (Wildman–Crippen LogP) is 3.54. The molecule has 0 saturated heterocycles. The maximum absolute atomic E-state index is 13.2. The average Bonchev–Trinajstić information content (AvgIpc) is 3.00. The standard InChI is InChI=1S/C24H20FN5O2/c1-14-9-17(12-26)22-21(10-14)30(24(32)29(22)2)13-15-3-5-16(6-4-15)23(31)28-20-8-7-18(25)11-19(20)27/h3-11H,13,27H2,1-2H3,(H,28,31). The van der Waals surface area contributed by atoms with Crippen LogP contribution >= 0.6 is 0 Å². The topological polar surface area (TPSA) is 106 Å². The van der Waals surface area contributed by atoms with Crippen LogP contribution in [0.3, 0.4) is 0 Å². The Labute approximate surface area is 183 Å². The number of aromatic nitrogens is 2. The molecule has 3 N–H and O–H groups in total. The van der Waals surface area contributed by atoms with Gasteiger partial charge in [0.05, 0.1) is 34.5 Å². The Morgan fingerprint density at radius 1 is 1.16 bits per heavy atom. The van der Waals surface area contributed by atoms with Gasteiger partial charge >= 0.3 is 5.69 Å². The van der Waals surface area contributed by atoms with Crippen LogP contribution in [0.4, 0.5) is 15.8 Å². The van der Waals surface area contributed by atoms with E-state index in [9.17, 15) is 19.2 Å². The van der Waals surface area contributed by atoms with Gasteiger partial charge in [0, 0.05) is 12.6 Å². The van der Waals surface area contributed by atoms with Crippen molar-refractivity contribution in [1.82, 2.24) is 9.13 Å². The molecule has 32 heavy (non-hydrogen) atoms. The summed E-state index contributed by atoms with van der Waals surface area (Å²) < 4.78 is 16.3. The summed E-state index contributed by atoms with van der Waals surface area (Å²) in [6.45, 7) is 2.17. The third kappa shape index (κ3) is 3.72. The molecule has 0 aliphatic rings. The van der Waals surface area contributed by atoms with Crippen LogP contribution < -0.4 is 16.7 Å². The van der Waals surface area contributed by atoms with Gasteiger partial charge in [0.15, 0.2) is 0 Å². The van der Waals surface area contributed by atoms with E-state index < -0.39 is 5.82 Å². The highest BCUT2D eigenvalue weighted by atomic mass is 19.1. The van der Waals surface area contributed by atoms with E-state index in [2.05, 4.69) is 11.4 Å². The smallest absolute Gasteiger partial charge is 0.329 e. The first-order chi connectivity index (χ1) is 15.3. The molecule has 0 fully saturated rings. The Bertz CT molecular complexity index is 1460. The van der Waals surface area contributed by atoms with E-state index in [4.69, 9.17) is 5.73 Å². The number of nitrogens with one attached hydrogen (secondary N) is 1. The number of nitrogens with zero attached hydrogens (tertiary/aromatic N) is 3. The van der Waals surface area contributed by atoms with Gasteiger partial charge in [-0.1, -0.05) is 12.1 Å². The Balaban J connectivity index is 1.61. The fourth-order valence-electron chi connectivity index (χ4n) is 3.72. The number of aryl methyl sites for hydroxylation is 2. The molecule has 0 bridgehead atoms. The molecule has 4 rings (SSSR count). The van der Waals surface area contributed by atoms with Gasteiger partial charge in [0.25, 0.3) is 5.91 Å². The lowest BCUT2D eigenvalue weighted by Gasteiger charge is -2.09. The molecule has 1 heterocycles. The number of hydrogen-bond donors (Lipinski definition) is 2. The van der Waals surface area contributed by atoms with Crippen LogP contribution in [0.2, 0.25) is 0 Å². The fourth-order valence-corrected chi connectivity index (χ4v) is 3.72. The van der Waals surface area contributed by atoms with Gasteiger partial charge in [-0.2, -0.15) is 5.26 Å². The number of carbonyl (C=O) groups is 1. The summed E-state index contributed by atoms with van der Waals surface area (Å²) >= 11 is 0. The first kappa shape index (κ1) is 20.9. The fraction of sp³-hybridized carbons (Fsp3) is 0.125. The number of halogens is 1. The monoisotopic (exact) mass is 429 g/mol. The highest BCUT2D eigenvalue weighted by Crippen LogP contribution is 2.22. The molecule has 8 heteroatoms. The minimum absolute atomic E-state index is 0.136. The van der Waals surface area contributed by atoms with Gasteiger partial charge in [-0.3, -0.25) is 13.9 Å². The zero-order valence-corrected chi connectivity index (χ0v) is 17.5. The lowest BCUT2D eigenvalue weighted by molar-refractivity contribution is 0.102. The highest BCUT2D eigenvalue weighted by molar-refractivity contribution is 6.05. The third-order valence-electron chi connectivity index (χ3n) is 5.32. The summed E-state index contributed by atoms with van der Waals surface area (Å²) in [5.74, 6) is -0.864. The van der Waals surface area contributed by atoms with Crippen molar-refractivity contribution >= 4 is 28.3 Å². The van der Waals surface area contributed by atoms with Gasteiger partial charge in [-0.05, 0) is 60.5 Å². The summed E-state index contributed by atoms with van der Waals surface area (Å²) in [5, 5.41) is 12.1. The number of amides is 1. The van der Waals surface area contributed by atoms with Crippen molar-refractivity contribution in [1.29, 1.82) is 5.26 Å². The molecule has 160 valence electrons. The van der Waals surface area contributed by atoms with Gasteiger partial charge in [-0.15, -0.1) is 0 Å². The lowest BCUT2D eigenvalue weighted by Crippen LogP contribution is -2.22. The van der Waals surface area contributed by atoms with E-state index in [-0.39, 0.29) is 23.8 Å². The molecule has 0 unspecified atom stereocenters. The third-order valence-corrected chi connectivity index (χ3v) is 5.32. The van der Waals surface area contributed by atoms with Crippen molar-refractivity contribution in [2.75, 3.05) is 11.1 Å². The summed E-state index contributed by atoms with van der Waals surface area (Å²) in [4.78, 5) is 25.3. The molecule has 0 spiro atoms. The zero-order chi connectivity index (χ0) is 23.0. The summed E-state index contributed by atoms with van der Waals surface area (Å²) in [6.07, 6.45) is 0. The van der Waals surface area contributed by atoms with E-state index in [1.54, 1.807) is 41.9 Å². The number of rotatable bonds is 4. The first-order valence-corrected chi connectivity index (χ1v) is 9.84. The average molecular weight is 429 g/mol. The maximum atomic E-state index is 13.2. The molecular formula is C24H20FN5O2. The number of nitriles is 1. The quantitative estimate of drug-likeness (QED) is 0.484. The lowest BCUT2D eigenvalue weighted by atomic mass is 10.1. The first-order valence-electron chi connectivity index (χ1n) is 9.84. The van der Waals surface area contributed by atoms with Gasteiger partial charge in [-0.25, -0.2) is 9.18 Å². The van der Waals surface area contributed by atoms with E-state index in [1.807, 2.05) is 13.0 Å². The molecule has 0 saturated carbocycles. The van der Waals surface area contributed by atoms with Crippen LogP contribution in [-0.4, -0.2) is 15.0 Å². The summed E-state index contributed by atoms with van der Waals surface area (Å²) in [5.41, 5.74) is 9.80. The van der Waals surface area contributed by atoms with E-state index in [0.717, 1.165) is 17.2 Å². The molecule has 7 nitrogen and oxygen atoms in total. The van der Waals surface area contributed by atoms with Crippen molar-refractivity contribution < 1.29 is 9.18 Å². The van der Waals surface area contributed by atoms with Crippen molar-refractivity contribution in [3.05, 3.63) is 93.2 Å². The molecule has 0 radical (unpaired) electrons. The number of benzene rings is 3. The normalized spacial score (nSPS) is 10.8. The van der Waals surface area contributed by atoms with E-state index in [0.29, 0.717) is 27.8 Å². The molecule has 0 aliphatic carbocycles. The van der Waals surface area contributed by atoms with E-state index >= 15 is 0 Å². The molecule has 4 aromatic rings. The zero-order valence-electron chi connectivity index (χ0n) is 17.5. The number of anilines is 2. The Kier molecular flexibility index (Phi) is 5.24. The second-order valence-electron chi connectivity index (χ2n) is 7.60. The van der Waals surface area contributed by atoms with Crippen molar-refractivity contribution in [2.24, 2.45) is 7.05 Å². The minimum Gasteiger partial charge on any atom is -0.397 e. The van der Waals surface area contributed by atoms with E-state index in [1.165, 1.54) is 16.7 Å². The number of carbonyl (C=O) groups excluding carboxylic acids is 1. The second kappa shape index (κ2) is 8.04. The highest BCUT2D eigenvalue weighted by Gasteiger charge is 2.16. The number of nitrogen functional groups attached to an aromatic ring is 1. The van der Waals surface area contributed by atoms with Crippen molar-refractivity contribution in [3.63, 3.8) is 0 Å². The molecule has 1 aromatic heterocycles. The number of fused-ring (bicyclic) bond motifs is 1. The molecular weight excluding hydrogens is 409 g/mol. The molecule has 0 aliphatic heterocycles. The van der Waals surface area contributed by atoms with Gasteiger partial charge in [0.1, 0.15) is 11.9 Å². The van der Waals surface area contributed by atoms with Crippen LogP contribution in [0.1, 0.15) is 27.0 Å². The Morgan fingerprint density at radius 2 is 1.88 bits per heavy atom. The molecule has 1 amide bonds. The Hall–Kier alpha value is -4.38. The van der Waals surface area contributed by atoms with Crippen LogP contribution in [0.25, 0.3) is 11.0 Å². The SMILES string of the molecule is Cc1cc(C#N)c2c(c1)n(Cc1ccc(C(=O)Nc3ccc(F)cc3N)cc1)c(=O)n2C. The van der Waals surface area contributed by atoms with Crippen molar-refractivity contribution in [2.45, 2.75) is 13.5 Å².